The van der Waals surface area contributed by atoms with Gasteiger partial charge in [0.05, 0.1) is 11.7 Å². The number of carbonyl (C=O) groups excluding carboxylic acids is 1. The number of urea groups is 1. The van der Waals surface area contributed by atoms with Crippen LogP contribution in [0.25, 0.3) is 5.69 Å². The van der Waals surface area contributed by atoms with Gasteiger partial charge in [0.2, 0.25) is 0 Å². The van der Waals surface area contributed by atoms with E-state index in [1.165, 1.54) is 11.1 Å². The number of hydrogen-bond acceptors (Lipinski definition) is 4. The fourth-order valence-electron chi connectivity index (χ4n) is 3.96. The van der Waals surface area contributed by atoms with Crippen LogP contribution in [0, 0.1) is 27.7 Å². The lowest BCUT2D eigenvalue weighted by Crippen LogP contribution is -2.32. The van der Waals surface area contributed by atoms with Crippen LogP contribution in [0.3, 0.4) is 0 Å². The number of aryl methyl sites for hydroxylation is 3. The first kappa shape index (κ1) is 25.8. The Kier molecular flexibility index (Phi) is 8.01. The molecule has 0 bridgehead atoms. The zero-order valence-electron chi connectivity index (χ0n) is 21.1. The number of thioether (sulfide) groups is 1. The molecule has 1 heterocycles. The van der Waals surface area contributed by atoms with Crippen LogP contribution in [0.4, 0.5) is 10.5 Å². The molecule has 4 rings (SSSR count). The number of rotatable bonds is 7. The second-order valence-corrected chi connectivity index (χ2v) is 10.3. The van der Waals surface area contributed by atoms with Gasteiger partial charge < -0.3 is 10.6 Å². The molecule has 1 atom stereocenters. The molecular weight excluding hydrogens is 490 g/mol. The zero-order valence-corrected chi connectivity index (χ0v) is 22.7. The van der Waals surface area contributed by atoms with Crippen LogP contribution in [0.2, 0.25) is 5.02 Å². The van der Waals surface area contributed by atoms with E-state index in [1.807, 2.05) is 68.7 Å². The Labute approximate surface area is 221 Å². The number of benzene rings is 3. The lowest BCUT2D eigenvalue weighted by atomic mass is 10.1. The molecule has 1 aromatic heterocycles. The topological polar surface area (TPSA) is 71.8 Å². The molecule has 8 heteroatoms. The summed E-state index contributed by atoms with van der Waals surface area (Å²) < 4.78 is 1.99. The third kappa shape index (κ3) is 5.91. The minimum Gasteiger partial charge on any atom is -0.328 e. The quantitative estimate of drug-likeness (QED) is 0.251. The van der Waals surface area contributed by atoms with Crippen molar-refractivity contribution < 1.29 is 4.79 Å². The highest BCUT2D eigenvalue weighted by Gasteiger charge is 2.22. The summed E-state index contributed by atoms with van der Waals surface area (Å²) in [7, 11) is 0. The van der Waals surface area contributed by atoms with Crippen LogP contribution in [0.5, 0.6) is 0 Å². The van der Waals surface area contributed by atoms with Gasteiger partial charge in [0, 0.05) is 16.5 Å². The van der Waals surface area contributed by atoms with E-state index < -0.39 is 6.04 Å². The Hall–Kier alpha value is -3.29. The van der Waals surface area contributed by atoms with E-state index in [1.54, 1.807) is 11.8 Å². The van der Waals surface area contributed by atoms with E-state index in [2.05, 4.69) is 52.0 Å². The van der Waals surface area contributed by atoms with Gasteiger partial charge in [-0.25, -0.2) is 4.79 Å². The van der Waals surface area contributed by atoms with Crippen LogP contribution in [0.15, 0.2) is 65.8 Å². The van der Waals surface area contributed by atoms with Gasteiger partial charge in [-0.05, 0) is 75.1 Å². The summed E-state index contributed by atoms with van der Waals surface area (Å²) in [4.78, 5) is 12.9. The second kappa shape index (κ2) is 11.2. The van der Waals surface area contributed by atoms with E-state index in [-0.39, 0.29) is 6.03 Å². The molecule has 4 aromatic rings. The van der Waals surface area contributed by atoms with E-state index >= 15 is 0 Å². The molecular formula is C28H30ClN5OS. The van der Waals surface area contributed by atoms with Gasteiger partial charge in [-0.1, -0.05) is 71.4 Å². The van der Waals surface area contributed by atoms with Crippen LogP contribution in [-0.2, 0) is 5.75 Å². The van der Waals surface area contributed by atoms with Crippen molar-refractivity contribution in [3.8, 4) is 5.69 Å². The minimum absolute atomic E-state index is 0.303. The molecule has 0 saturated heterocycles. The minimum atomic E-state index is -0.408. The molecule has 2 N–H and O–H groups in total. The Balaban J connectivity index is 1.62. The van der Waals surface area contributed by atoms with Gasteiger partial charge in [-0.2, -0.15) is 0 Å². The smallest absolute Gasteiger partial charge is 0.319 e. The Morgan fingerprint density at radius 2 is 1.78 bits per heavy atom. The largest absolute Gasteiger partial charge is 0.328 e. The second-order valence-electron chi connectivity index (χ2n) is 8.95. The highest BCUT2D eigenvalue weighted by molar-refractivity contribution is 7.98. The molecule has 0 radical (unpaired) electrons. The summed E-state index contributed by atoms with van der Waals surface area (Å²) in [6.07, 6.45) is 0. The predicted octanol–water partition coefficient (Wildman–Crippen LogP) is 7.33. The van der Waals surface area contributed by atoms with Gasteiger partial charge in [0.25, 0.3) is 0 Å². The monoisotopic (exact) mass is 519 g/mol. The lowest BCUT2D eigenvalue weighted by Gasteiger charge is -2.19. The maximum absolute atomic E-state index is 12.9. The summed E-state index contributed by atoms with van der Waals surface area (Å²) in [5.41, 5.74) is 7.27. The first-order chi connectivity index (χ1) is 17.2. The molecule has 0 aliphatic heterocycles. The van der Waals surface area contributed by atoms with Crippen molar-refractivity contribution in [3.63, 3.8) is 0 Å². The number of amides is 2. The average molecular weight is 520 g/mol. The molecule has 2 amide bonds. The normalized spacial score (nSPS) is 11.8. The number of anilines is 1. The van der Waals surface area contributed by atoms with Crippen molar-refractivity contribution in [1.29, 1.82) is 0 Å². The van der Waals surface area contributed by atoms with E-state index in [4.69, 9.17) is 11.6 Å². The summed E-state index contributed by atoms with van der Waals surface area (Å²) >= 11 is 7.97. The van der Waals surface area contributed by atoms with Crippen LogP contribution in [-0.4, -0.2) is 20.8 Å². The van der Waals surface area contributed by atoms with Gasteiger partial charge >= 0.3 is 6.03 Å². The third-order valence-corrected chi connectivity index (χ3v) is 7.34. The van der Waals surface area contributed by atoms with Crippen molar-refractivity contribution in [2.75, 3.05) is 5.32 Å². The van der Waals surface area contributed by atoms with Crippen molar-refractivity contribution in [1.82, 2.24) is 20.1 Å². The third-order valence-electron chi connectivity index (χ3n) is 6.11. The first-order valence-corrected chi connectivity index (χ1v) is 13.1. The first-order valence-electron chi connectivity index (χ1n) is 11.8. The molecule has 0 spiro atoms. The number of halogens is 1. The van der Waals surface area contributed by atoms with Gasteiger partial charge in [0.15, 0.2) is 11.0 Å². The van der Waals surface area contributed by atoms with Crippen LogP contribution >= 0.6 is 23.4 Å². The predicted molar refractivity (Wildman–Crippen MR) is 148 cm³/mol. The Morgan fingerprint density at radius 3 is 2.56 bits per heavy atom. The number of aromatic nitrogens is 3. The van der Waals surface area contributed by atoms with Crippen molar-refractivity contribution in [3.05, 3.63) is 99.3 Å². The molecule has 186 valence electrons. The fraction of sp³-hybridized carbons (Fsp3) is 0.250. The molecule has 0 aliphatic carbocycles. The lowest BCUT2D eigenvalue weighted by molar-refractivity contribution is 0.248. The maximum Gasteiger partial charge on any atom is 0.319 e. The standard InChI is InChI=1S/C28H30ClN5OS/c1-17-8-6-10-22(14-17)16-36-28-33-32-26(34(28)25-15-23(29)13-12-19(25)3)21(5)30-27(35)31-24-11-7-9-18(2)20(24)4/h6-15,21H,16H2,1-5H3,(H2,30,31,35). The molecule has 6 nitrogen and oxygen atoms in total. The number of nitrogens with one attached hydrogen (secondary N) is 2. The molecule has 36 heavy (non-hydrogen) atoms. The summed E-state index contributed by atoms with van der Waals surface area (Å²) in [6.45, 7) is 10.0. The zero-order chi connectivity index (χ0) is 25.8. The molecule has 0 saturated carbocycles. The van der Waals surface area contributed by atoms with Crippen LogP contribution < -0.4 is 10.6 Å². The van der Waals surface area contributed by atoms with Gasteiger partial charge in [-0.15, -0.1) is 10.2 Å². The van der Waals surface area contributed by atoms with Crippen LogP contribution in [0.1, 0.15) is 46.6 Å². The van der Waals surface area contributed by atoms with Crippen molar-refractivity contribution >= 4 is 35.1 Å². The van der Waals surface area contributed by atoms with E-state index in [0.717, 1.165) is 39.0 Å². The summed E-state index contributed by atoms with van der Waals surface area (Å²) in [6, 6.07) is 19.3. The maximum atomic E-state index is 12.9. The van der Waals surface area contributed by atoms with Crippen molar-refractivity contribution in [2.24, 2.45) is 0 Å². The Morgan fingerprint density at radius 1 is 1.00 bits per heavy atom. The van der Waals surface area contributed by atoms with Gasteiger partial charge in [0.1, 0.15) is 0 Å². The summed E-state index contributed by atoms with van der Waals surface area (Å²) in [5.74, 6) is 1.37. The number of hydrogen-bond donors (Lipinski definition) is 2. The number of nitrogens with zero attached hydrogens (tertiary/aromatic N) is 3. The average Bonchev–Trinajstić information content (AvgIpc) is 3.26. The highest BCUT2D eigenvalue weighted by Crippen LogP contribution is 2.30. The summed E-state index contributed by atoms with van der Waals surface area (Å²) in [5, 5.41) is 16.3. The molecule has 1 unspecified atom stereocenters. The van der Waals surface area contributed by atoms with E-state index in [0.29, 0.717) is 10.8 Å². The number of carbonyl (C=O) groups is 1. The Bertz CT molecular complexity index is 1400. The molecule has 3 aromatic carbocycles. The van der Waals surface area contributed by atoms with Gasteiger partial charge in [-0.3, -0.25) is 4.57 Å². The fourth-order valence-corrected chi connectivity index (χ4v) is 5.02. The SMILES string of the molecule is Cc1cccc(CSc2nnc(C(C)NC(=O)Nc3cccc(C)c3C)n2-c2cc(Cl)ccc2C)c1. The molecule has 0 fully saturated rings. The van der Waals surface area contributed by atoms with Crippen molar-refractivity contribution in [2.45, 2.75) is 51.6 Å². The highest BCUT2D eigenvalue weighted by atomic mass is 35.5. The molecule has 0 aliphatic rings. The van der Waals surface area contributed by atoms with E-state index in [9.17, 15) is 4.79 Å².